The van der Waals surface area contributed by atoms with Crippen molar-refractivity contribution in [3.05, 3.63) is 41.5 Å². The zero-order valence-electron chi connectivity index (χ0n) is 18.3. The molecule has 7 nitrogen and oxygen atoms in total. The van der Waals surface area contributed by atoms with E-state index in [1.807, 2.05) is 30.5 Å². The van der Waals surface area contributed by atoms with Gasteiger partial charge >= 0.3 is 11.9 Å². The standard InChI is InChI=1S/C24H26O7S/c1-28-18-7-6-16(14-4-5-17-15(10-14)12-30-23(17)27)21(22(18)29-2)31-13-24(8-9-24)19(32-3)11-20(25)26/h4-7,10,19H,8-9,11-13H2,1-3H3,(H,25,26). The van der Waals surface area contributed by atoms with Crippen molar-refractivity contribution in [2.75, 3.05) is 27.1 Å². The third-order valence-electron chi connectivity index (χ3n) is 6.22. The van der Waals surface area contributed by atoms with Crippen molar-refractivity contribution in [3.8, 4) is 28.4 Å². The van der Waals surface area contributed by atoms with Crippen LogP contribution in [0.25, 0.3) is 11.1 Å². The molecule has 0 radical (unpaired) electrons. The van der Waals surface area contributed by atoms with Crippen LogP contribution in [0.4, 0.5) is 0 Å². The van der Waals surface area contributed by atoms with E-state index in [9.17, 15) is 14.7 Å². The smallest absolute Gasteiger partial charge is 0.338 e. The van der Waals surface area contributed by atoms with E-state index in [2.05, 4.69) is 0 Å². The molecule has 4 rings (SSSR count). The van der Waals surface area contributed by atoms with Crippen molar-refractivity contribution in [2.45, 2.75) is 31.1 Å². The Hall–Kier alpha value is -2.87. The fourth-order valence-electron chi connectivity index (χ4n) is 4.21. The Morgan fingerprint density at radius 3 is 2.53 bits per heavy atom. The van der Waals surface area contributed by atoms with Crippen LogP contribution in [0.15, 0.2) is 30.3 Å². The number of fused-ring (bicyclic) bond motifs is 1. The fourth-order valence-corrected chi connectivity index (χ4v) is 5.33. The van der Waals surface area contributed by atoms with Crippen molar-refractivity contribution >= 4 is 23.7 Å². The summed E-state index contributed by atoms with van der Waals surface area (Å²) < 4.78 is 22.6. The summed E-state index contributed by atoms with van der Waals surface area (Å²) in [7, 11) is 3.13. The molecular formula is C24H26O7S. The minimum atomic E-state index is -0.801. The fraction of sp³-hybridized carbons (Fsp3) is 0.417. The summed E-state index contributed by atoms with van der Waals surface area (Å²) in [4.78, 5) is 23.2. The Labute approximate surface area is 191 Å². The maximum atomic E-state index is 11.8. The number of thioether (sulfide) groups is 1. The predicted molar refractivity (Wildman–Crippen MR) is 121 cm³/mol. The average molecular weight is 459 g/mol. The number of esters is 1. The number of benzene rings is 2. The molecule has 2 aliphatic rings. The van der Waals surface area contributed by atoms with Crippen LogP contribution in [0.5, 0.6) is 17.2 Å². The van der Waals surface area contributed by atoms with Gasteiger partial charge in [-0.2, -0.15) is 11.8 Å². The first-order valence-electron chi connectivity index (χ1n) is 10.3. The number of carboxylic acids is 1. The van der Waals surface area contributed by atoms with E-state index in [1.54, 1.807) is 32.0 Å². The molecular weight excluding hydrogens is 432 g/mol. The van der Waals surface area contributed by atoms with Gasteiger partial charge in [-0.1, -0.05) is 6.07 Å². The number of hydrogen-bond donors (Lipinski definition) is 1. The summed E-state index contributed by atoms with van der Waals surface area (Å²) in [5, 5.41) is 9.28. The third-order valence-corrected chi connectivity index (χ3v) is 7.45. The zero-order chi connectivity index (χ0) is 22.9. The molecule has 32 heavy (non-hydrogen) atoms. The molecule has 1 atom stereocenters. The maximum Gasteiger partial charge on any atom is 0.338 e. The van der Waals surface area contributed by atoms with Crippen molar-refractivity contribution in [1.82, 2.24) is 0 Å². The van der Waals surface area contributed by atoms with Gasteiger partial charge < -0.3 is 24.1 Å². The molecule has 1 fully saturated rings. The summed E-state index contributed by atoms with van der Waals surface area (Å²) >= 11 is 1.57. The monoisotopic (exact) mass is 458 g/mol. The molecule has 1 unspecified atom stereocenters. The molecule has 1 aliphatic carbocycles. The highest BCUT2D eigenvalue weighted by Gasteiger charge is 2.50. The van der Waals surface area contributed by atoms with Gasteiger partial charge in [0.15, 0.2) is 11.5 Å². The number of ether oxygens (including phenoxy) is 4. The zero-order valence-corrected chi connectivity index (χ0v) is 19.1. The van der Waals surface area contributed by atoms with Crippen molar-refractivity contribution in [1.29, 1.82) is 0 Å². The van der Waals surface area contributed by atoms with Gasteiger partial charge in [0.2, 0.25) is 5.75 Å². The van der Waals surface area contributed by atoms with Gasteiger partial charge in [0.1, 0.15) is 6.61 Å². The third kappa shape index (κ3) is 4.11. The lowest BCUT2D eigenvalue weighted by Crippen LogP contribution is -2.28. The van der Waals surface area contributed by atoms with E-state index in [0.717, 1.165) is 29.5 Å². The lowest BCUT2D eigenvalue weighted by molar-refractivity contribution is -0.137. The van der Waals surface area contributed by atoms with Crippen LogP contribution >= 0.6 is 11.8 Å². The van der Waals surface area contributed by atoms with Gasteiger partial charge in [0.25, 0.3) is 0 Å². The Bertz CT molecular complexity index is 1040. The molecule has 0 amide bonds. The number of hydrogen-bond acceptors (Lipinski definition) is 7. The van der Waals surface area contributed by atoms with Gasteiger partial charge in [0, 0.05) is 21.8 Å². The predicted octanol–water partition coefficient (Wildman–Crippen LogP) is 4.41. The highest BCUT2D eigenvalue weighted by atomic mass is 32.2. The highest BCUT2D eigenvalue weighted by molar-refractivity contribution is 7.99. The van der Waals surface area contributed by atoms with E-state index in [4.69, 9.17) is 18.9 Å². The lowest BCUT2D eigenvalue weighted by atomic mass is 9.98. The Balaban J connectivity index is 1.69. The van der Waals surface area contributed by atoms with E-state index >= 15 is 0 Å². The first-order chi connectivity index (χ1) is 15.4. The Morgan fingerprint density at radius 2 is 1.91 bits per heavy atom. The molecule has 1 aliphatic heterocycles. The van der Waals surface area contributed by atoms with Gasteiger partial charge in [0.05, 0.1) is 32.8 Å². The number of rotatable bonds is 10. The number of cyclic esters (lactones) is 1. The first-order valence-corrected chi connectivity index (χ1v) is 11.6. The van der Waals surface area contributed by atoms with Crippen molar-refractivity contribution < 1.29 is 33.6 Å². The lowest BCUT2D eigenvalue weighted by Gasteiger charge is -2.26. The van der Waals surface area contributed by atoms with Crippen LogP contribution in [0.2, 0.25) is 0 Å². The van der Waals surface area contributed by atoms with Gasteiger partial charge in [-0.05, 0) is 48.9 Å². The number of carboxylic acid groups (broad SMARTS) is 1. The normalized spacial score (nSPS) is 16.7. The molecule has 0 spiro atoms. The second kappa shape index (κ2) is 8.94. The van der Waals surface area contributed by atoms with Crippen molar-refractivity contribution in [2.24, 2.45) is 5.41 Å². The van der Waals surface area contributed by atoms with E-state index < -0.39 is 5.97 Å². The molecule has 0 saturated heterocycles. The second-order valence-electron chi connectivity index (χ2n) is 8.10. The second-order valence-corrected chi connectivity index (χ2v) is 9.14. The Morgan fingerprint density at radius 1 is 1.16 bits per heavy atom. The minimum Gasteiger partial charge on any atom is -0.493 e. The minimum absolute atomic E-state index is 0.0248. The molecule has 0 bridgehead atoms. The average Bonchev–Trinajstić information content (AvgIpc) is 3.50. The quantitative estimate of drug-likeness (QED) is 0.524. The number of methoxy groups -OCH3 is 2. The summed E-state index contributed by atoms with van der Waals surface area (Å²) in [5.74, 6) is 0.450. The van der Waals surface area contributed by atoms with Crippen LogP contribution in [0, 0.1) is 5.41 Å². The van der Waals surface area contributed by atoms with Gasteiger partial charge in [-0.15, -0.1) is 0 Å². The van der Waals surface area contributed by atoms with Crippen LogP contribution in [-0.2, 0) is 16.1 Å². The molecule has 1 N–H and O–H groups in total. The molecule has 8 heteroatoms. The molecule has 0 aromatic heterocycles. The number of carbonyl (C=O) groups is 2. The molecule has 2 aromatic rings. The van der Waals surface area contributed by atoms with Gasteiger partial charge in [-0.3, -0.25) is 4.79 Å². The largest absolute Gasteiger partial charge is 0.493 e. The summed E-state index contributed by atoms with van der Waals surface area (Å²) in [6.45, 7) is 0.633. The van der Waals surface area contributed by atoms with Crippen LogP contribution in [0.3, 0.4) is 0 Å². The van der Waals surface area contributed by atoms with Crippen LogP contribution < -0.4 is 14.2 Å². The van der Waals surface area contributed by atoms with E-state index in [-0.39, 0.29) is 29.7 Å². The Kier molecular flexibility index (Phi) is 6.24. The topological polar surface area (TPSA) is 91.3 Å². The molecule has 1 saturated carbocycles. The highest BCUT2D eigenvalue weighted by Crippen LogP contribution is 2.55. The number of aliphatic carboxylic acids is 1. The van der Waals surface area contributed by atoms with Crippen LogP contribution in [0.1, 0.15) is 35.2 Å². The summed E-state index contributed by atoms with van der Waals surface area (Å²) in [5.41, 5.74) is 2.90. The van der Waals surface area contributed by atoms with Crippen molar-refractivity contribution in [3.63, 3.8) is 0 Å². The first kappa shape index (κ1) is 22.3. The molecule has 170 valence electrons. The summed E-state index contributed by atoms with van der Waals surface area (Å²) in [6.07, 6.45) is 3.89. The number of carbonyl (C=O) groups excluding carboxylic acids is 1. The van der Waals surface area contributed by atoms with E-state index in [1.165, 1.54) is 0 Å². The van der Waals surface area contributed by atoms with Gasteiger partial charge in [-0.25, -0.2) is 4.79 Å². The van der Waals surface area contributed by atoms with E-state index in [0.29, 0.717) is 29.4 Å². The SMILES string of the molecule is COc1ccc(-c2ccc3c(c2)COC3=O)c(OCC2(C(CC(=O)O)SC)CC2)c1OC. The molecule has 1 heterocycles. The van der Waals surface area contributed by atoms with Crippen LogP contribution in [-0.4, -0.2) is 49.4 Å². The summed E-state index contributed by atoms with van der Waals surface area (Å²) in [6, 6.07) is 9.27. The molecule has 2 aromatic carbocycles. The maximum absolute atomic E-state index is 11.8.